The molecule has 2 aromatic heterocycles. The van der Waals surface area contributed by atoms with E-state index in [9.17, 15) is 5.11 Å². The Morgan fingerprint density at radius 1 is 1.00 bits per heavy atom. The monoisotopic (exact) mass is 408 g/mol. The minimum absolute atomic E-state index is 0.360. The molecule has 0 atom stereocenters. The first-order chi connectivity index (χ1) is 14.1. The highest BCUT2D eigenvalue weighted by Crippen LogP contribution is 2.36. The smallest absolute Gasteiger partial charge is 0.146 e. The molecule has 152 valence electrons. The lowest BCUT2D eigenvalue weighted by molar-refractivity contribution is 0.323. The maximum Gasteiger partial charge on any atom is 0.146 e. The van der Waals surface area contributed by atoms with E-state index in [4.69, 9.17) is 9.97 Å². The molecule has 5 nitrogen and oxygen atoms in total. The Kier molecular flexibility index (Phi) is 4.92. The molecule has 1 saturated heterocycles. The van der Waals surface area contributed by atoms with Gasteiger partial charge in [-0.1, -0.05) is 6.07 Å². The van der Waals surface area contributed by atoms with Crippen LogP contribution in [0.15, 0.2) is 18.2 Å². The molecule has 4 heterocycles. The van der Waals surface area contributed by atoms with E-state index in [1.165, 1.54) is 39.8 Å². The van der Waals surface area contributed by atoms with Crippen LogP contribution in [0.1, 0.15) is 40.2 Å². The van der Waals surface area contributed by atoms with Crippen LogP contribution >= 0.6 is 11.3 Å². The van der Waals surface area contributed by atoms with Gasteiger partial charge in [0.25, 0.3) is 0 Å². The number of aromatic hydroxyl groups is 1. The van der Waals surface area contributed by atoms with Crippen LogP contribution in [0, 0.1) is 13.8 Å². The summed E-state index contributed by atoms with van der Waals surface area (Å²) in [6.45, 7) is 9.41. The number of anilines is 1. The molecule has 1 N–H and O–H groups in total. The molecule has 0 spiro atoms. The number of benzene rings is 1. The van der Waals surface area contributed by atoms with Crippen molar-refractivity contribution in [1.29, 1.82) is 0 Å². The summed E-state index contributed by atoms with van der Waals surface area (Å²) in [7, 11) is 0. The van der Waals surface area contributed by atoms with Gasteiger partial charge in [-0.3, -0.25) is 4.90 Å². The van der Waals surface area contributed by atoms with Crippen LogP contribution in [0.5, 0.6) is 5.75 Å². The molecule has 29 heavy (non-hydrogen) atoms. The molecule has 0 aliphatic carbocycles. The number of nitrogens with zero attached hydrogens (tertiary/aromatic N) is 4. The summed E-state index contributed by atoms with van der Waals surface area (Å²) >= 11 is 1.79. The van der Waals surface area contributed by atoms with Crippen LogP contribution in [0.3, 0.4) is 0 Å². The third kappa shape index (κ3) is 3.60. The minimum atomic E-state index is 0.360. The quantitative estimate of drug-likeness (QED) is 0.703. The van der Waals surface area contributed by atoms with Gasteiger partial charge in [-0.05, 0) is 81.4 Å². The van der Waals surface area contributed by atoms with Crippen LogP contribution in [-0.2, 0) is 19.4 Å². The zero-order valence-electron chi connectivity index (χ0n) is 17.2. The van der Waals surface area contributed by atoms with Crippen LogP contribution < -0.4 is 4.90 Å². The molecule has 0 amide bonds. The number of hydrogen-bond acceptors (Lipinski definition) is 6. The predicted octanol–water partition coefficient (Wildman–Crippen LogP) is 4.21. The molecule has 0 saturated carbocycles. The van der Waals surface area contributed by atoms with Gasteiger partial charge in [0.2, 0.25) is 0 Å². The summed E-state index contributed by atoms with van der Waals surface area (Å²) in [5.74, 6) is 2.41. The number of hydrogen-bond donors (Lipinski definition) is 1. The Bertz CT molecular complexity index is 1050. The summed E-state index contributed by atoms with van der Waals surface area (Å²) in [6, 6.07) is 5.80. The van der Waals surface area contributed by atoms with Gasteiger partial charge in [0.1, 0.15) is 22.2 Å². The highest BCUT2D eigenvalue weighted by Gasteiger charge is 2.23. The van der Waals surface area contributed by atoms with Gasteiger partial charge in [-0.25, -0.2) is 9.97 Å². The van der Waals surface area contributed by atoms with E-state index < -0.39 is 0 Å². The maximum atomic E-state index is 9.88. The number of likely N-dealkylation sites (tertiary alicyclic amines) is 1. The van der Waals surface area contributed by atoms with E-state index in [0.29, 0.717) is 5.75 Å². The van der Waals surface area contributed by atoms with E-state index in [0.717, 1.165) is 62.0 Å². The highest BCUT2D eigenvalue weighted by molar-refractivity contribution is 7.18. The Morgan fingerprint density at radius 2 is 1.76 bits per heavy atom. The molecule has 6 heteroatoms. The predicted molar refractivity (Wildman–Crippen MR) is 119 cm³/mol. The molecule has 1 aromatic carbocycles. The number of thiophene rings is 1. The van der Waals surface area contributed by atoms with Gasteiger partial charge in [-0.15, -0.1) is 11.3 Å². The second kappa shape index (κ2) is 7.58. The van der Waals surface area contributed by atoms with Gasteiger partial charge in [0.15, 0.2) is 0 Å². The Hall–Kier alpha value is -2.18. The minimum Gasteiger partial charge on any atom is -0.508 e. The van der Waals surface area contributed by atoms with Gasteiger partial charge in [-0.2, -0.15) is 0 Å². The molecule has 0 radical (unpaired) electrons. The molecular formula is C23H28N4OS. The van der Waals surface area contributed by atoms with Crippen molar-refractivity contribution in [2.24, 2.45) is 0 Å². The molecule has 2 aliphatic heterocycles. The van der Waals surface area contributed by atoms with Crippen molar-refractivity contribution in [2.75, 3.05) is 31.1 Å². The fourth-order valence-corrected chi connectivity index (χ4v) is 5.68. The van der Waals surface area contributed by atoms with Crippen molar-refractivity contribution < 1.29 is 5.11 Å². The fraction of sp³-hybridized carbons (Fsp3) is 0.478. The first-order valence-corrected chi connectivity index (χ1v) is 11.4. The average Bonchev–Trinajstić information content (AvgIpc) is 3.24. The third-order valence-electron chi connectivity index (χ3n) is 6.41. The van der Waals surface area contributed by atoms with Crippen molar-refractivity contribution >= 4 is 27.4 Å². The van der Waals surface area contributed by atoms with Crippen molar-refractivity contribution in [2.45, 2.75) is 46.1 Å². The highest BCUT2D eigenvalue weighted by atomic mass is 32.1. The van der Waals surface area contributed by atoms with Gasteiger partial charge < -0.3 is 10.0 Å². The van der Waals surface area contributed by atoms with Crippen LogP contribution in [0.25, 0.3) is 10.2 Å². The molecular weight excluding hydrogens is 380 g/mol. The average molecular weight is 409 g/mol. The first kappa shape index (κ1) is 18.8. The fourth-order valence-electron chi connectivity index (χ4n) is 4.64. The van der Waals surface area contributed by atoms with E-state index in [1.807, 2.05) is 6.07 Å². The van der Waals surface area contributed by atoms with Crippen LogP contribution in [-0.4, -0.2) is 46.2 Å². The first-order valence-electron chi connectivity index (χ1n) is 10.6. The van der Waals surface area contributed by atoms with E-state index in [2.05, 4.69) is 29.7 Å². The third-order valence-corrected chi connectivity index (χ3v) is 7.51. The lowest BCUT2D eigenvalue weighted by Gasteiger charge is -2.24. The zero-order chi connectivity index (χ0) is 20.0. The maximum absolute atomic E-state index is 9.88. The number of aryl methyl sites for hydroxylation is 2. The van der Waals surface area contributed by atoms with Crippen molar-refractivity contribution in [3.8, 4) is 5.75 Å². The number of fused-ring (bicyclic) bond motifs is 2. The van der Waals surface area contributed by atoms with E-state index >= 15 is 0 Å². The van der Waals surface area contributed by atoms with Gasteiger partial charge >= 0.3 is 0 Å². The Morgan fingerprint density at radius 3 is 2.55 bits per heavy atom. The number of phenolic OH excluding ortho intramolecular Hbond substituents is 1. The number of rotatable bonds is 3. The Balaban J connectivity index is 1.52. The van der Waals surface area contributed by atoms with Crippen molar-refractivity contribution in [3.05, 3.63) is 45.6 Å². The zero-order valence-corrected chi connectivity index (χ0v) is 18.1. The van der Waals surface area contributed by atoms with Gasteiger partial charge in [0.05, 0.1) is 11.9 Å². The molecule has 0 bridgehead atoms. The molecule has 1 fully saturated rings. The Labute approximate surface area is 176 Å². The van der Waals surface area contributed by atoms with Crippen LogP contribution in [0.4, 0.5) is 5.82 Å². The largest absolute Gasteiger partial charge is 0.508 e. The lowest BCUT2D eigenvalue weighted by Crippen LogP contribution is -2.28. The SMILES string of the molecule is Cc1sc2nc(CN3CCCC3)nc(N3CCc4ccc(O)cc4CC3)c2c1C. The summed E-state index contributed by atoms with van der Waals surface area (Å²) < 4.78 is 0. The van der Waals surface area contributed by atoms with Crippen molar-refractivity contribution in [1.82, 2.24) is 14.9 Å². The molecule has 5 rings (SSSR count). The molecule has 0 unspecified atom stereocenters. The summed E-state index contributed by atoms with van der Waals surface area (Å²) in [5.41, 5.74) is 3.91. The standard InChI is InChI=1S/C23H28N4OS/c1-15-16(2)29-23-21(15)22(24-20(25-23)14-26-9-3-4-10-26)27-11-7-17-5-6-19(28)13-18(17)8-12-27/h5-6,13,28H,3-4,7-12,14H2,1-2H3. The second-order valence-electron chi connectivity index (χ2n) is 8.35. The van der Waals surface area contributed by atoms with E-state index in [1.54, 1.807) is 17.4 Å². The van der Waals surface area contributed by atoms with Crippen LogP contribution in [0.2, 0.25) is 0 Å². The summed E-state index contributed by atoms with van der Waals surface area (Å²) in [6.07, 6.45) is 4.47. The van der Waals surface area contributed by atoms with Gasteiger partial charge in [0, 0.05) is 18.0 Å². The summed E-state index contributed by atoms with van der Waals surface area (Å²) in [5, 5.41) is 11.1. The number of aromatic nitrogens is 2. The van der Waals surface area contributed by atoms with Crippen molar-refractivity contribution in [3.63, 3.8) is 0 Å². The van der Waals surface area contributed by atoms with E-state index in [-0.39, 0.29) is 0 Å². The summed E-state index contributed by atoms with van der Waals surface area (Å²) in [4.78, 5) is 17.4. The normalized spacial score (nSPS) is 17.7. The topological polar surface area (TPSA) is 52.5 Å². The molecule has 3 aromatic rings. The molecule has 2 aliphatic rings. The lowest BCUT2D eigenvalue weighted by atomic mass is 10.0. The second-order valence-corrected chi connectivity index (χ2v) is 9.55. The number of phenols is 1.